The molecule has 0 saturated carbocycles. The van der Waals surface area contributed by atoms with E-state index >= 15 is 0 Å². The first kappa shape index (κ1) is 17.2. The third kappa shape index (κ3) is 10.1. The molecular formula is C7H17Cl2NO. The van der Waals surface area contributed by atoms with Crippen LogP contribution in [-0.2, 0) is 4.79 Å². The van der Waals surface area contributed by atoms with Crippen LogP contribution in [0.15, 0.2) is 0 Å². The monoisotopic (exact) mass is 201 g/mol. The third-order valence-corrected chi connectivity index (χ3v) is 0.955. The Labute approximate surface area is 80.9 Å². The van der Waals surface area contributed by atoms with E-state index in [1.165, 1.54) is 0 Å². The number of rotatable bonds is 2. The first-order valence-corrected chi connectivity index (χ1v) is 3.34. The summed E-state index contributed by atoms with van der Waals surface area (Å²) < 4.78 is 0. The van der Waals surface area contributed by atoms with E-state index in [2.05, 4.69) is 5.32 Å². The van der Waals surface area contributed by atoms with Gasteiger partial charge in [-0.15, -0.1) is 24.8 Å². The van der Waals surface area contributed by atoms with Gasteiger partial charge in [-0.1, -0.05) is 13.8 Å². The molecule has 0 aliphatic carbocycles. The predicted molar refractivity (Wildman–Crippen MR) is 52.6 cm³/mol. The van der Waals surface area contributed by atoms with Gasteiger partial charge in [0, 0.05) is 12.0 Å². The van der Waals surface area contributed by atoms with E-state index in [1.54, 1.807) is 0 Å². The average Bonchev–Trinajstić information content (AvgIpc) is 1.63. The average molecular weight is 202 g/mol. The first-order valence-electron chi connectivity index (χ1n) is 3.34. The van der Waals surface area contributed by atoms with Crippen LogP contribution in [0.3, 0.4) is 0 Å². The highest BCUT2D eigenvalue weighted by Crippen LogP contribution is 1.91. The largest absolute Gasteiger partial charge is 0.354 e. The molecule has 11 heavy (non-hydrogen) atoms. The summed E-state index contributed by atoms with van der Waals surface area (Å²) in [6.45, 7) is 7.69. The van der Waals surface area contributed by atoms with E-state index in [9.17, 15) is 4.79 Å². The van der Waals surface area contributed by atoms with E-state index in [1.807, 2.05) is 27.7 Å². The van der Waals surface area contributed by atoms with Crippen molar-refractivity contribution in [2.24, 2.45) is 5.92 Å². The van der Waals surface area contributed by atoms with Crippen molar-refractivity contribution in [1.82, 2.24) is 5.32 Å². The maximum Gasteiger partial charge on any atom is 0.222 e. The Hall–Kier alpha value is 0.0500. The number of carbonyl (C=O) groups excluding carboxylic acids is 1. The first-order chi connectivity index (χ1) is 4.04. The summed E-state index contributed by atoms with van der Waals surface area (Å²) in [4.78, 5) is 10.8. The molecule has 0 fully saturated rings. The van der Waals surface area contributed by atoms with Gasteiger partial charge in [0.2, 0.25) is 5.91 Å². The Morgan fingerprint density at radius 2 is 1.45 bits per heavy atom. The summed E-state index contributed by atoms with van der Waals surface area (Å²) in [6, 6.07) is 0.264. The zero-order chi connectivity index (χ0) is 7.44. The fraction of sp³-hybridized carbons (Fsp3) is 0.857. The van der Waals surface area contributed by atoms with Crippen molar-refractivity contribution in [3.8, 4) is 0 Å². The van der Waals surface area contributed by atoms with Crippen LogP contribution in [0, 0.1) is 5.92 Å². The SMILES string of the molecule is CC(C)NC(=O)C(C)C.Cl.Cl. The highest BCUT2D eigenvalue weighted by molar-refractivity contribution is 5.85. The van der Waals surface area contributed by atoms with Gasteiger partial charge >= 0.3 is 0 Å². The van der Waals surface area contributed by atoms with Gasteiger partial charge in [0.15, 0.2) is 0 Å². The number of nitrogens with one attached hydrogen (secondary N) is 1. The molecule has 70 valence electrons. The summed E-state index contributed by atoms with van der Waals surface area (Å²) in [6.07, 6.45) is 0. The summed E-state index contributed by atoms with van der Waals surface area (Å²) in [7, 11) is 0. The molecule has 0 bridgehead atoms. The molecule has 2 nitrogen and oxygen atoms in total. The van der Waals surface area contributed by atoms with E-state index in [0.717, 1.165) is 0 Å². The number of carbonyl (C=O) groups is 1. The number of halogens is 2. The smallest absolute Gasteiger partial charge is 0.222 e. The minimum atomic E-state index is 0. The second-order valence-electron chi connectivity index (χ2n) is 2.82. The van der Waals surface area contributed by atoms with Crippen LogP contribution in [0.1, 0.15) is 27.7 Å². The van der Waals surface area contributed by atoms with E-state index < -0.39 is 0 Å². The predicted octanol–water partition coefficient (Wildman–Crippen LogP) is 2.01. The van der Waals surface area contributed by atoms with Crippen molar-refractivity contribution in [3.63, 3.8) is 0 Å². The summed E-state index contributed by atoms with van der Waals surface area (Å²) in [5, 5.41) is 2.80. The van der Waals surface area contributed by atoms with Crippen LogP contribution in [0.5, 0.6) is 0 Å². The minimum absolute atomic E-state index is 0. The van der Waals surface area contributed by atoms with Gasteiger partial charge in [0.05, 0.1) is 0 Å². The molecule has 0 aromatic heterocycles. The quantitative estimate of drug-likeness (QED) is 0.729. The topological polar surface area (TPSA) is 29.1 Å². The van der Waals surface area contributed by atoms with Gasteiger partial charge in [-0.2, -0.15) is 0 Å². The molecule has 0 unspecified atom stereocenters. The van der Waals surface area contributed by atoms with E-state index in [-0.39, 0.29) is 42.7 Å². The van der Waals surface area contributed by atoms with Gasteiger partial charge < -0.3 is 5.32 Å². The van der Waals surface area contributed by atoms with Crippen molar-refractivity contribution >= 4 is 30.7 Å². The van der Waals surface area contributed by atoms with Crippen molar-refractivity contribution in [1.29, 1.82) is 0 Å². The van der Waals surface area contributed by atoms with Crippen molar-refractivity contribution in [2.45, 2.75) is 33.7 Å². The lowest BCUT2D eigenvalue weighted by Gasteiger charge is -2.09. The van der Waals surface area contributed by atoms with Crippen LogP contribution in [0.2, 0.25) is 0 Å². The maximum atomic E-state index is 10.8. The fourth-order valence-electron chi connectivity index (χ4n) is 0.451. The second-order valence-corrected chi connectivity index (χ2v) is 2.82. The molecule has 1 N–H and O–H groups in total. The lowest BCUT2D eigenvalue weighted by molar-refractivity contribution is -0.124. The molecule has 0 aromatic rings. The molecule has 0 aliphatic heterocycles. The molecule has 0 spiro atoms. The molecule has 0 aromatic carbocycles. The molecule has 0 saturated heterocycles. The van der Waals surface area contributed by atoms with Gasteiger partial charge in [-0.05, 0) is 13.8 Å². The summed E-state index contributed by atoms with van der Waals surface area (Å²) in [5.41, 5.74) is 0. The number of hydrogen-bond acceptors (Lipinski definition) is 1. The standard InChI is InChI=1S/C7H15NO.2ClH/c1-5(2)7(9)8-6(3)4;;/h5-6H,1-4H3,(H,8,9);2*1H. The summed E-state index contributed by atoms with van der Waals surface area (Å²) in [5.74, 6) is 0.234. The zero-order valence-electron chi connectivity index (χ0n) is 7.38. The molecule has 1 amide bonds. The Morgan fingerprint density at radius 3 is 1.55 bits per heavy atom. The molecular weight excluding hydrogens is 185 g/mol. The lowest BCUT2D eigenvalue weighted by atomic mass is 10.2. The number of amides is 1. The third-order valence-electron chi connectivity index (χ3n) is 0.955. The maximum absolute atomic E-state index is 10.8. The Morgan fingerprint density at radius 1 is 1.09 bits per heavy atom. The highest BCUT2D eigenvalue weighted by Gasteiger charge is 2.06. The molecule has 0 radical (unpaired) electrons. The van der Waals surface area contributed by atoms with Crippen LogP contribution in [0.25, 0.3) is 0 Å². The van der Waals surface area contributed by atoms with Gasteiger partial charge in [0.25, 0.3) is 0 Å². The van der Waals surface area contributed by atoms with E-state index in [0.29, 0.717) is 0 Å². The molecule has 0 heterocycles. The van der Waals surface area contributed by atoms with Gasteiger partial charge in [0.1, 0.15) is 0 Å². The van der Waals surface area contributed by atoms with E-state index in [4.69, 9.17) is 0 Å². The molecule has 0 rings (SSSR count). The normalized spacial score (nSPS) is 8.55. The zero-order valence-corrected chi connectivity index (χ0v) is 9.01. The van der Waals surface area contributed by atoms with Crippen LogP contribution >= 0.6 is 24.8 Å². The van der Waals surface area contributed by atoms with Crippen LogP contribution in [0.4, 0.5) is 0 Å². The Balaban J connectivity index is -0.000000320. The van der Waals surface area contributed by atoms with Crippen molar-refractivity contribution in [2.75, 3.05) is 0 Å². The van der Waals surface area contributed by atoms with Crippen molar-refractivity contribution in [3.05, 3.63) is 0 Å². The highest BCUT2D eigenvalue weighted by atomic mass is 35.5. The Bertz CT molecular complexity index is 105. The molecule has 0 aliphatic rings. The van der Waals surface area contributed by atoms with Gasteiger partial charge in [-0.25, -0.2) is 0 Å². The van der Waals surface area contributed by atoms with Gasteiger partial charge in [-0.3, -0.25) is 4.79 Å². The van der Waals surface area contributed by atoms with Crippen molar-refractivity contribution < 1.29 is 4.79 Å². The fourth-order valence-corrected chi connectivity index (χ4v) is 0.451. The van der Waals surface area contributed by atoms with Crippen LogP contribution in [-0.4, -0.2) is 11.9 Å². The Kier molecular flexibility index (Phi) is 12.8. The lowest BCUT2D eigenvalue weighted by Crippen LogP contribution is -2.33. The second kappa shape index (κ2) is 8.15. The minimum Gasteiger partial charge on any atom is -0.354 e. The summed E-state index contributed by atoms with van der Waals surface area (Å²) >= 11 is 0. The molecule has 0 atom stereocenters. The number of hydrogen-bond donors (Lipinski definition) is 1. The molecule has 4 heteroatoms. The van der Waals surface area contributed by atoms with Crippen LogP contribution < -0.4 is 5.32 Å².